The molecule has 0 heterocycles. The summed E-state index contributed by atoms with van der Waals surface area (Å²) in [6.45, 7) is -2.62. The Labute approximate surface area is 158 Å². The van der Waals surface area contributed by atoms with Gasteiger partial charge in [0.2, 0.25) is 0 Å². The van der Waals surface area contributed by atoms with E-state index in [0.717, 1.165) is 5.56 Å². The van der Waals surface area contributed by atoms with Crippen molar-refractivity contribution in [3.8, 4) is 17.2 Å². The van der Waals surface area contributed by atoms with Crippen LogP contribution in [0.2, 0.25) is 0 Å². The fourth-order valence-corrected chi connectivity index (χ4v) is 2.71. The monoisotopic (exact) mass is 429 g/mol. The Hall–Kier alpha value is -2.35. The summed E-state index contributed by atoms with van der Waals surface area (Å²) >= 11 is 3.33. The van der Waals surface area contributed by atoms with Gasteiger partial charge < -0.3 is 19.5 Å². The summed E-state index contributed by atoms with van der Waals surface area (Å²) in [5.41, 5.74) is 1.17. The lowest BCUT2D eigenvalue weighted by Crippen LogP contribution is -2.26. The van der Waals surface area contributed by atoms with E-state index < -0.39 is 6.61 Å². The van der Waals surface area contributed by atoms with Crippen LogP contribution >= 0.6 is 15.9 Å². The third-order valence-corrected chi connectivity index (χ3v) is 4.25. The van der Waals surface area contributed by atoms with Crippen LogP contribution in [0.5, 0.6) is 17.2 Å². The smallest absolute Gasteiger partial charge is 0.387 e. The number of rotatable bonds is 8. The SMILES string of the molecule is COc1ccc(Br)c(C(=O)NCCc2ccc(OC)c(OC(F)F)c2)c1. The van der Waals surface area contributed by atoms with Gasteiger partial charge in [0.1, 0.15) is 5.75 Å². The minimum atomic E-state index is -2.94. The molecule has 0 spiro atoms. The molecule has 0 saturated heterocycles. The molecule has 0 aliphatic heterocycles. The molecule has 0 unspecified atom stereocenters. The molecule has 26 heavy (non-hydrogen) atoms. The molecule has 0 saturated carbocycles. The molecular formula is C18H18BrF2NO4. The molecule has 0 fully saturated rings. The van der Waals surface area contributed by atoms with Crippen molar-refractivity contribution >= 4 is 21.8 Å². The molecule has 0 aliphatic rings. The van der Waals surface area contributed by atoms with Crippen molar-refractivity contribution in [2.24, 2.45) is 0 Å². The van der Waals surface area contributed by atoms with Gasteiger partial charge >= 0.3 is 6.61 Å². The van der Waals surface area contributed by atoms with E-state index in [4.69, 9.17) is 9.47 Å². The zero-order valence-electron chi connectivity index (χ0n) is 14.2. The van der Waals surface area contributed by atoms with Crippen molar-refractivity contribution < 1.29 is 27.8 Å². The standard InChI is InChI=1S/C18H18BrF2NO4/c1-24-12-4-5-14(19)13(10-12)17(23)22-8-7-11-3-6-15(25-2)16(9-11)26-18(20)21/h3-6,9-10,18H,7-8H2,1-2H3,(H,22,23). The highest BCUT2D eigenvalue weighted by Crippen LogP contribution is 2.29. The largest absolute Gasteiger partial charge is 0.497 e. The average Bonchev–Trinajstić information content (AvgIpc) is 2.61. The third kappa shape index (κ3) is 5.32. The van der Waals surface area contributed by atoms with Crippen molar-refractivity contribution in [2.75, 3.05) is 20.8 Å². The molecule has 8 heteroatoms. The van der Waals surface area contributed by atoms with Crippen LogP contribution in [0, 0.1) is 0 Å². The number of benzene rings is 2. The van der Waals surface area contributed by atoms with Gasteiger partial charge in [0, 0.05) is 11.0 Å². The van der Waals surface area contributed by atoms with Gasteiger partial charge in [-0.2, -0.15) is 8.78 Å². The maximum absolute atomic E-state index is 12.5. The molecule has 0 atom stereocenters. The summed E-state index contributed by atoms with van der Waals surface area (Å²) in [5.74, 6) is 0.482. The van der Waals surface area contributed by atoms with E-state index in [0.29, 0.717) is 28.8 Å². The molecule has 5 nitrogen and oxygen atoms in total. The number of amides is 1. The van der Waals surface area contributed by atoms with Crippen LogP contribution in [0.15, 0.2) is 40.9 Å². The fourth-order valence-electron chi connectivity index (χ4n) is 2.29. The van der Waals surface area contributed by atoms with Gasteiger partial charge in [0.15, 0.2) is 11.5 Å². The first-order valence-electron chi connectivity index (χ1n) is 7.68. The van der Waals surface area contributed by atoms with Gasteiger partial charge in [0.25, 0.3) is 5.91 Å². The first-order valence-corrected chi connectivity index (χ1v) is 8.47. The van der Waals surface area contributed by atoms with Crippen LogP contribution < -0.4 is 19.5 Å². The van der Waals surface area contributed by atoms with Gasteiger partial charge in [-0.15, -0.1) is 0 Å². The molecule has 1 amide bonds. The number of hydrogen-bond donors (Lipinski definition) is 1. The number of alkyl halides is 2. The lowest BCUT2D eigenvalue weighted by atomic mass is 10.1. The van der Waals surface area contributed by atoms with Gasteiger partial charge in [-0.05, 0) is 58.2 Å². The number of carbonyl (C=O) groups excluding carboxylic acids is 1. The minimum absolute atomic E-state index is 0.0399. The maximum atomic E-state index is 12.5. The number of halogens is 3. The van der Waals surface area contributed by atoms with Crippen LogP contribution in [-0.4, -0.2) is 33.3 Å². The number of methoxy groups -OCH3 is 2. The molecule has 2 aromatic carbocycles. The summed E-state index contributed by atoms with van der Waals surface area (Å²) in [5, 5.41) is 2.78. The van der Waals surface area contributed by atoms with Crippen molar-refractivity contribution in [2.45, 2.75) is 13.0 Å². The molecule has 0 radical (unpaired) electrons. The van der Waals surface area contributed by atoms with E-state index in [2.05, 4.69) is 26.0 Å². The Kier molecular flexibility index (Phi) is 7.20. The quantitative estimate of drug-likeness (QED) is 0.687. The topological polar surface area (TPSA) is 56.8 Å². The van der Waals surface area contributed by atoms with E-state index in [1.54, 1.807) is 30.3 Å². The normalized spacial score (nSPS) is 10.5. The highest BCUT2D eigenvalue weighted by molar-refractivity contribution is 9.10. The lowest BCUT2D eigenvalue weighted by molar-refractivity contribution is -0.0512. The second kappa shape index (κ2) is 9.38. The summed E-state index contributed by atoms with van der Waals surface area (Å²) < 4.78 is 40.1. The Balaban J connectivity index is 2.00. The zero-order chi connectivity index (χ0) is 19.1. The molecule has 0 bridgehead atoms. The van der Waals surface area contributed by atoms with Crippen molar-refractivity contribution in [3.63, 3.8) is 0 Å². The average molecular weight is 430 g/mol. The fraction of sp³-hybridized carbons (Fsp3) is 0.278. The molecule has 0 aliphatic carbocycles. The first-order chi connectivity index (χ1) is 12.4. The van der Waals surface area contributed by atoms with E-state index >= 15 is 0 Å². The summed E-state index contributed by atoms with van der Waals surface area (Å²) in [4.78, 5) is 12.3. The van der Waals surface area contributed by atoms with E-state index in [1.165, 1.54) is 20.3 Å². The minimum Gasteiger partial charge on any atom is -0.497 e. The van der Waals surface area contributed by atoms with Crippen LogP contribution in [0.4, 0.5) is 8.78 Å². The molecule has 140 valence electrons. The molecular weight excluding hydrogens is 412 g/mol. The van der Waals surface area contributed by atoms with Crippen LogP contribution in [0.1, 0.15) is 15.9 Å². The highest BCUT2D eigenvalue weighted by Gasteiger charge is 2.13. The zero-order valence-corrected chi connectivity index (χ0v) is 15.8. The predicted molar refractivity (Wildman–Crippen MR) is 96.4 cm³/mol. The Bertz CT molecular complexity index is 771. The van der Waals surface area contributed by atoms with Crippen molar-refractivity contribution in [3.05, 3.63) is 52.0 Å². The molecule has 1 N–H and O–H groups in total. The number of nitrogens with one attached hydrogen (secondary N) is 1. The predicted octanol–water partition coefficient (Wildman–Crippen LogP) is 4.04. The van der Waals surface area contributed by atoms with Gasteiger partial charge in [-0.25, -0.2) is 0 Å². The highest BCUT2D eigenvalue weighted by atomic mass is 79.9. The van der Waals surface area contributed by atoms with Crippen molar-refractivity contribution in [1.29, 1.82) is 0 Å². The second-order valence-corrected chi connectivity index (χ2v) is 6.07. The van der Waals surface area contributed by atoms with E-state index in [-0.39, 0.29) is 17.4 Å². The first kappa shape index (κ1) is 20.0. The Morgan fingerprint density at radius 2 is 1.88 bits per heavy atom. The lowest BCUT2D eigenvalue weighted by Gasteiger charge is -2.12. The maximum Gasteiger partial charge on any atom is 0.387 e. The van der Waals surface area contributed by atoms with E-state index in [1.807, 2.05) is 0 Å². The Morgan fingerprint density at radius 1 is 1.12 bits per heavy atom. The van der Waals surface area contributed by atoms with Gasteiger partial charge in [0.05, 0.1) is 19.8 Å². The second-order valence-electron chi connectivity index (χ2n) is 5.22. The third-order valence-electron chi connectivity index (χ3n) is 3.56. The molecule has 2 aromatic rings. The summed E-state index contributed by atoms with van der Waals surface area (Å²) in [6.07, 6.45) is 0.441. The van der Waals surface area contributed by atoms with Crippen LogP contribution in [-0.2, 0) is 6.42 Å². The van der Waals surface area contributed by atoms with Crippen LogP contribution in [0.25, 0.3) is 0 Å². The van der Waals surface area contributed by atoms with Gasteiger partial charge in [-0.1, -0.05) is 6.07 Å². The van der Waals surface area contributed by atoms with Gasteiger partial charge in [-0.3, -0.25) is 4.79 Å². The van der Waals surface area contributed by atoms with Crippen molar-refractivity contribution in [1.82, 2.24) is 5.32 Å². The van der Waals surface area contributed by atoms with E-state index in [9.17, 15) is 13.6 Å². The number of ether oxygens (including phenoxy) is 3. The Morgan fingerprint density at radius 3 is 2.54 bits per heavy atom. The number of hydrogen-bond acceptors (Lipinski definition) is 4. The number of carbonyl (C=O) groups is 1. The summed E-state index contributed by atoms with van der Waals surface area (Å²) in [7, 11) is 2.90. The van der Waals surface area contributed by atoms with Crippen LogP contribution in [0.3, 0.4) is 0 Å². The molecule has 0 aromatic heterocycles. The molecule has 2 rings (SSSR count). The summed E-state index contributed by atoms with van der Waals surface area (Å²) in [6, 6.07) is 9.84.